The summed E-state index contributed by atoms with van der Waals surface area (Å²) in [5, 5.41) is 12.1. The van der Waals surface area contributed by atoms with Gasteiger partial charge in [-0.15, -0.1) is 0 Å². The third-order valence-electron chi connectivity index (χ3n) is 5.51. The maximum absolute atomic E-state index is 12.9. The fourth-order valence-corrected chi connectivity index (χ4v) is 4.37. The summed E-state index contributed by atoms with van der Waals surface area (Å²) in [6.45, 7) is 7.40. The zero-order chi connectivity index (χ0) is 17.9. The van der Waals surface area contributed by atoms with Gasteiger partial charge in [0.05, 0.1) is 0 Å². The van der Waals surface area contributed by atoms with Crippen molar-refractivity contribution in [2.24, 2.45) is 11.3 Å². The molecule has 134 valence electrons. The number of nitrogens with one attached hydrogen (secondary N) is 1. The van der Waals surface area contributed by atoms with Crippen LogP contribution in [-0.2, 0) is 14.3 Å². The molecule has 3 rings (SSSR count). The number of aliphatic carboxylic acids is 1. The Hall–Kier alpha value is -1.79. The summed E-state index contributed by atoms with van der Waals surface area (Å²) in [6.07, 6.45) is 2.08. The molecule has 24 heavy (non-hydrogen) atoms. The molecule has 5 atom stereocenters. The van der Waals surface area contributed by atoms with Crippen LogP contribution in [0.25, 0.3) is 0 Å². The second kappa shape index (κ2) is 5.36. The molecule has 0 radical (unpaired) electrons. The first-order chi connectivity index (χ1) is 11.0. The summed E-state index contributed by atoms with van der Waals surface area (Å²) in [7, 11) is 0. The lowest BCUT2D eigenvalue weighted by Gasteiger charge is -2.30. The number of carboxylic acids is 1. The quantitative estimate of drug-likeness (QED) is 0.800. The Morgan fingerprint density at radius 3 is 2.54 bits per heavy atom. The SMILES string of the molecule is CC(C)(C)OC(=O)N[C@H]1C[C@@]2(C)CC2[C@H]2CC[C@@H](C(=O)O)N2C1=O. The van der Waals surface area contributed by atoms with Crippen LogP contribution in [0, 0.1) is 11.3 Å². The van der Waals surface area contributed by atoms with Crippen molar-refractivity contribution in [1.29, 1.82) is 0 Å². The van der Waals surface area contributed by atoms with Gasteiger partial charge in [0.15, 0.2) is 0 Å². The Bertz CT molecular complexity index is 584. The Kier molecular flexibility index (Phi) is 3.81. The van der Waals surface area contributed by atoms with Crippen molar-refractivity contribution in [3.05, 3.63) is 0 Å². The van der Waals surface area contributed by atoms with Crippen LogP contribution in [0.1, 0.15) is 53.4 Å². The summed E-state index contributed by atoms with van der Waals surface area (Å²) >= 11 is 0. The number of carbonyl (C=O) groups excluding carboxylic acids is 2. The van der Waals surface area contributed by atoms with Gasteiger partial charge in [0.1, 0.15) is 17.7 Å². The molecule has 0 spiro atoms. The van der Waals surface area contributed by atoms with Crippen molar-refractivity contribution >= 4 is 18.0 Å². The maximum Gasteiger partial charge on any atom is 0.408 e. The molecular formula is C17H26N2O5. The van der Waals surface area contributed by atoms with Crippen LogP contribution in [0.15, 0.2) is 0 Å². The van der Waals surface area contributed by atoms with E-state index < -0.39 is 29.7 Å². The fourth-order valence-electron chi connectivity index (χ4n) is 4.37. The number of fused-ring (bicyclic) bond motifs is 3. The highest BCUT2D eigenvalue weighted by Gasteiger charge is 2.63. The van der Waals surface area contributed by atoms with Crippen LogP contribution in [0.5, 0.6) is 0 Å². The lowest BCUT2D eigenvalue weighted by Crippen LogP contribution is -2.54. The van der Waals surface area contributed by atoms with Gasteiger partial charge < -0.3 is 20.1 Å². The highest BCUT2D eigenvalue weighted by Crippen LogP contribution is 2.61. The summed E-state index contributed by atoms with van der Waals surface area (Å²) in [5.74, 6) is -0.924. The number of carbonyl (C=O) groups is 3. The third-order valence-corrected chi connectivity index (χ3v) is 5.51. The average Bonchev–Trinajstić information content (AvgIpc) is 2.92. The molecule has 0 aromatic carbocycles. The zero-order valence-electron chi connectivity index (χ0n) is 14.7. The molecule has 0 aromatic rings. The van der Waals surface area contributed by atoms with Gasteiger partial charge >= 0.3 is 12.1 Å². The molecule has 7 heteroatoms. The van der Waals surface area contributed by atoms with Crippen molar-refractivity contribution in [3.8, 4) is 0 Å². The smallest absolute Gasteiger partial charge is 0.408 e. The van der Waals surface area contributed by atoms with E-state index in [1.807, 2.05) is 0 Å². The standard InChI is InChI=1S/C17H26N2O5/c1-16(2,3)24-15(23)18-10-8-17(4)7-9(17)11-5-6-12(14(21)22)19(11)13(10)20/h9-12H,5-8H2,1-4H3,(H,18,23)(H,21,22)/t9?,10-,11+,12-,17+/m0/s1. The van der Waals surface area contributed by atoms with Crippen molar-refractivity contribution < 1.29 is 24.2 Å². The predicted molar refractivity (Wildman–Crippen MR) is 85.3 cm³/mol. The van der Waals surface area contributed by atoms with E-state index in [1.54, 1.807) is 20.8 Å². The monoisotopic (exact) mass is 338 g/mol. The van der Waals surface area contributed by atoms with Crippen LogP contribution < -0.4 is 5.32 Å². The third kappa shape index (κ3) is 2.96. The fraction of sp³-hybridized carbons (Fsp3) is 0.824. The maximum atomic E-state index is 12.9. The molecular weight excluding hydrogens is 312 g/mol. The molecule has 3 fully saturated rings. The highest BCUT2D eigenvalue weighted by atomic mass is 16.6. The van der Waals surface area contributed by atoms with Gasteiger partial charge in [-0.05, 0) is 57.8 Å². The number of alkyl carbamates (subject to hydrolysis) is 1. The zero-order valence-corrected chi connectivity index (χ0v) is 14.7. The van der Waals surface area contributed by atoms with E-state index in [0.29, 0.717) is 18.8 Å². The van der Waals surface area contributed by atoms with E-state index in [1.165, 1.54) is 4.90 Å². The minimum Gasteiger partial charge on any atom is -0.480 e. The lowest BCUT2D eigenvalue weighted by molar-refractivity contribution is -0.150. The molecule has 0 aromatic heterocycles. The Morgan fingerprint density at radius 2 is 1.96 bits per heavy atom. The average molecular weight is 338 g/mol. The predicted octanol–water partition coefficient (Wildman–Crippen LogP) is 1.75. The van der Waals surface area contributed by atoms with E-state index in [2.05, 4.69) is 12.2 Å². The van der Waals surface area contributed by atoms with E-state index in [4.69, 9.17) is 4.74 Å². The topological polar surface area (TPSA) is 95.9 Å². The van der Waals surface area contributed by atoms with Gasteiger partial charge in [-0.25, -0.2) is 9.59 Å². The molecule has 1 unspecified atom stereocenters. The highest BCUT2D eigenvalue weighted by molar-refractivity contribution is 5.90. The Balaban J connectivity index is 1.81. The molecule has 2 N–H and O–H groups in total. The first-order valence-corrected chi connectivity index (χ1v) is 8.56. The van der Waals surface area contributed by atoms with E-state index in [0.717, 1.165) is 12.8 Å². The van der Waals surface area contributed by atoms with Crippen LogP contribution in [0.2, 0.25) is 0 Å². The lowest BCUT2D eigenvalue weighted by atomic mass is 9.95. The first kappa shape index (κ1) is 17.0. The van der Waals surface area contributed by atoms with Gasteiger partial charge in [0, 0.05) is 6.04 Å². The van der Waals surface area contributed by atoms with Crippen LogP contribution in [0.3, 0.4) is 0 Å². The number of nitrogens with zero attached hydrogens (tertiary/aromatic N) is 1. The van der Waals surface area contributed by atoms with Crippen LogP contribution in [-0.4, -0.2) is 51.7 Å². The number of amides is 2. The minimum atomic E-state index is -0.967. The van der Waals surface area contributed by atoms with Gasteiger partial charge in [-0.2, -0.15) is 0 Å². The Labute approximate surface area is 141 Å². The van der Waals surface area contributed by atoms with Gasteiger partial charge in [0.2, 0.25) is 5.91 Å². The molecule has 1 aliphatic carbocycles. The molecule has 2 aliphatic heterocycles. The summed E-state index contributed by atoms with van der Waals surface area (Å²) in [6, 6.07) is -1.53. The minimum absolute atomic E-state index is 0.0118. The second-order valence-electron chi connectivity index (χ2n) is 8.61. The van der Waals surface area contributed by atoms with Crippen molar-refractivity contribution in [1.82, 2.24) is 10.2 Å². The molecule has 1 saturated carbocycles. The largest absolute Gasteiger partial charge is 0.480 e. The summed E-state index contributed by atoms with van der Waals surface area (Å²) < 4.78 is 5.26. The van der Waals surface area contributed by atoms with E-state index >= 15 is 0 Å². The van der Waals surface area contributed by atoms with Gasteiger partial charge in [-0.3, -0.25) is 4.79 Å². The van der Waals surface area contributed by atoms with Crippen molar-refractivity contribution in [2.45, 2.75) is 77.1 Å². The number of ether oxygens (including phenoxy) is 1. The molecule has 0 bridgehead atoms. The van der Waals surface area contributed by atoms with Crippen LogP contribution in [0.4, 0.5) is 4.79 Å². The molecule has 7 nitrogen and oxygen atoms in total. The molecule has 2 saturated heterocycles. The second-order valence-corrected chi connectivity index (χ2v) is 8.61. The normalized spacial score (nSPS) is 38.0. The summed E-state index contributed by atoms with van der Waals surface area (Å²) in [4.78, 5) is 38.1. The van der Waals surface area contributed by atoms with Crippen LogP contribution >= 0.6 is 0 Å². The number of carboxylic acid groups (broad SMARTS) is 1. The van der Waals surface area contributed by atoms with E-state index in [-0.39, 0.29) is 17.4 Å². The van der Waals surface area contributed by atoms with Crippen molar-refractivity contribution in [3.63, 3.8) is 0 Å². The Morgan fingerprint density at radius 1 is 1.29 bits per heavy atom. The number of rotatable bonds is 2. The summed E-state index contributed by atoms with van der Waals surface area (Å²) in [5.41, 5.74) is -0.661. The van der Waals surface area contributed by atoms with Crippen molar-refractivity contribution in [2.75, 3.05) is 0 Å². The van der Waals surface area contributed by atoms with E-state index in [9.17, 15) is 19.5 Å². The number of hydrogen-bond donors (Lipinski definition) is 2. The molecule has 2 amide bonds. The van der Waals surface area contributed by atoms with Gasteiger partial charge in [-0.1, -0.05) is 6.92 Å². The van der Waals surface area contributed by atoms with Gasteiger partial charge in [0.25, 0.3) is 0 Å². The first-order valence-electron chi connectivity index (χ1n) is 8.56. The molecule has 3 aliphatic rings. The number of hydrogen-bond acceptors (Lipinski definition) is 4. The molecule has 2 heterocycles.